The molecule has 1 aliphatic carbocycles. The van der Waals surface area contributed by atoms with E-state index in [-0.39, 0.29) is 31.3 Å². The highest BCUT2D eigenvalue weighted by Crippen LogP contribution is 2.26. The molecular formula is C11H16N2O3. The second kappa shape index (κ2) is 4.67. The number of hydrogen-bond donors (Lipinski definition) is 2. The van der Waals surface area contributed by atoms with Crippen LogP contribution in [-0.4, -0.2) is 64.4 Å². The summed E-state index contributed by atoms with van der Waals surface area (Å²) in [6.07, 6.45) is 7.72. The van der Waals surface area contributed by atoms with Crippen LogP contribution >= 0.6 is 0 Å². The predicted octanol–water partition coefficient (Wildman–Crippen LogP) is -0.428. The van der Waals surface area contributed by atoms with Crippen molar-refractivity contribution >= 4 is 6.03 Å². The zero-order valence-electron chi connectivity index (χ0n) is 8.99. The lowest BCUT2D eigenvalue weighted by Crippen LogP contribution is -2.37. The van der Waals surface area contributed by atoms with Crippen molar-refractivity contribution in [2.24, 2.45) is 0 Å². The lowest BCUT2D eigenvalue weighted by atomic mass is 10.0. The summed E-state index contributed by atoms with van der Waals surface area (Å²) in [5.41, 5.74) is 0. The molecule has 5 nitrogen and oxygen atoms in total. The number of aliphatic hydroxyl groups excluding tert-OH is 2. The van der Waals surface area contributed by atoms with Crippen molar-refractivity contribution in [3.05, 3.63) is 24.3 Å². The third-order valence-corrected chi connectivity index (χ3v) is 2.97. The van der Waals surface area contributed by atoms with Gasteiger partial charge in [0.15, 0.2) is 0 Å². The third kappa shape index (κ3) is 1.72. The van der Waals surface area contributed by atoms with E-state index >= 15 is 0 Å². The molecule has 2 rings (SSSR count). The number of β-amino-alcohol motifs (C(OH)–C–C–N with tert-alkyl or cyclic N) is 2. The Balaban J connectivity index is 2.20. The Hall–Kier alpha value is -1.33. The van der Waals surface area contributed by atoms with Crippen LogP contribution in [0.15, 0.2) is 24.3 Å². The van der Waals surface area contributed by atoms with Crippen molar-refractivity contribution in [1.29, 1.82) is 0 Å². The molecule has 0 bridgehead atoms. The molecule has 2 aliphatic rings. The standard InChI is InChI=1S/C11H16N2O3/c14-7-5-12-9-3-1-2-4-10(9)13(6-8-15)11(12)16/h1-4,9-10,14-15H,5-8H2. The lowest BCUT2D eigenvalue weighted by molar-refractivity contribution is 0.165. The van der Waals surface area contributed by atoms with Crippen molar-refractivity contribution in [2.75, 3.05) is 26.3 Å². The fourth-order valence-corrected chi connectivity index (χ4v) is 2.29. The third-order valence-electron chi connectivity index (χ3n) is 2.97. The summed E-state index contributed by atoms with van der Waals surface area (Å²) in [7, 11) is 0. The number of nitrogens with zero attached hydrogens (tertiary/aromatic N) is 2. The van der Waals surface area contributed by atoms with Crippen molar-refractivity contribution in [3.8, 4) is 0 Å². The van der Waals surface area contributed by atoms with Gasteiger partial charge < -0.3 is 20.0 Å². The van der Waals surface area contributed by atoms with Gasteiger partial charge in [0.25, 0.3) is 0 Å². The second-order valence-electron chi connectivity index (χ2n) is 3.87. The summed E-state index contributed by atoms with van der Waals surface area (Å²) in [5.74, 6) is 0. The normalized spacial score (nSPS) is 27.8. The van der Waals surface area contributed by atoms with E-state index in [1.165, 1.54) is 0 Å². The molecule has 1 heterocycles. The molecule has 2 amide bonds. The van der Waals surface area contributed by atoms with E-state index in [4.69, 9.17) is 10.2 Å². The zero-order valence-corrected chi connectivity index (χ0v) is 8.99. The van der Waals surface area contributed by atoms with Gasteiger partial charge in [0, 0.05) is 13.1 Å². The minimum absolute atomic E-state index is 0.0174. The minimum atomic E-state index is -0.116. The fraction of sp³-hybridized carbons (Fsp3) is 0.545. The maximum absolute atomic E-state index is 12.0. The average molecular weight is 224 g/mol. The maximum Gasteiger partial charge on any atom is 0.321 e. The van der Waals surface area contributed by atoms with E-state index in [1.54, 1.807) is 9.80 Å². The van der Waals surface area contributed by atoms with Gasteiger partial charge in [0.05, 0.1) is 25.3 Å². The number of aliphatic hydroxyl groups is 2. The first-order chi connectivity index (χ1) is 7.79. The van der Waals surface area contributed by atoms with E-state index in [0.717, 1.165) is 0 Å². The molecule has 0 aromatic heterocycles. The Morgan fingerprint density at radius 1 is 1.00 bits per heavy atom. The van der Waals surface area contributed by atoms with E-state index in [0.29, 0.717) is 13.1 Å². The first-order valence-corrected chi connectivity index (χ1v) is 5.43. The van der Waals surface area contributed by atoms with E-state index in [2.05, 4.69) is 0 Å². The number of allylic oxidation sites excluding steroid dienone is 2. The number of rotatable bonds is 4. The largest absolute Gasteiger partial charge is 0.395 e. The Morgan fingerprint density at radius 3 is 1.81 bits per heavy atom. The lowest BCUT2D eigenvalue weighted by Gasteiger charge is -2.24. The Labute approximate surface area is 94.3 Å². The maximum atomic E-state index is 12.0. The van der Waals surface area contributed by atoms with Gasteiger partial charge in [-0.25, -0.2) is 4.79 Å². The number of carbonyl (C=O) groups excluding carboxylic acids is 1. The summed E-state index contributed by atoms with van der Waals surface area (Å²) in [4.78, 5) is 15.3. The highest BCUT2D eigenvalue weighted by atomic mass is 16.3. The summed E-state index contributed by atoms with van der Waals surface area (Å²) >= 11 is 0. The molecule has 0 saturated carbocycles. The van der Waals surface area contributed by atoms with Gasteiger partial charge in [0.1, 0.15) is 0 Å². The summed E-state index contributed by atoms with van der Waals surface area (Å²) in [6, 6.07) is -0.151. The Bertz CT molecular complexity index is 297. The fourth-order valence-electron chi connectivity index (χ4n) is 2.29. The predicted molar refractivity (Wildman–Crippen MR) is 58.8 cm³/mol. The molecule has 16 heavy (non-hydrogen) atoms. The second-order valence-corrected chi connectivity index (χ2v) is 3.87. The van der Waals surface area contributed by atoms with Crippen molar-refractivity contribution in [2.45, 2.75) is 12.1 Å². The van der Waals surface area contributed by atoms with Gasteiger partial charge in [-0.2, -0.15) is 0 Å². The van der Waals surface area contributed by atoms with E-state index < -0.39 is 0 Å². The SMILES string of the molecule is O=C1N(CCO)C2C=CC=CC2N1CCO. The van der Waals surface area contributed by atoms with Crippen LogP contribution in [-0.2, 0) is 0 Å². The molecule has 2 unspecified atom stereocenters. The van der Waals surface area contributed by atoms with Crippen molar-refractivity contribution in [1.82, 2.24) is 9.80 Å². The molecule has 0 aromatic carbocycles. The Kier molecular flexibility index (Phi) is 3.26. The van der Waals surface area contributed by atoms with Gasteiger partial charge in [0.2, 0.25) is 0 Å². The molecule has 2 N–H and O–H groups in total. The van der Waals surface area contributed by atoms with Crippen LogP contribution in [0.3, 0.4) is 0 Å². The summed E-state index contributed by atoms with van der Waals surface area (Å²) in [5, 5.41) is 17.9. The smallest absolute Gasteiger partial charge is 0.321 e. The van der Waals surface area contributed by atoms with Gasteiger partial charge in [-0.1, -0.05) is 24.3 Å². The van der Waals surface area contributed by atoms with Crippen LogP contribution in [0.5, 0.6) is 0 Å². The summed E-state index contributed by atoms with van der Waals surface area (Å²) in [6.45, 7) is 0.583. The molecule has 88 valence electrons. The highest BCUT2D eigenvalue weighted by molar-refractivity contribution is 5.79. The molecule has 2 atom stereocenters. The average Bonchev–Trinajstić information content (AvgIpc) is 2.56. The molecule has 1 fully saturated rings. The molecular weight excluding hydrogens is 208 g/mol. The number of carbonyl (C=O) groups is 1. The minimum Gasteiger partial charge on any atom is -0.395 e. The first-order valence-electron chi connectivity index (χ1n) is 5.43. The van der Waals surface area contributed by atoms with Crippen LogP contribution in [0.1, 0.15) is 0 Å². The molecule has 1 aliphatic heterocycles. The quantitative estimate of drug-likeness (QED) is 0.681. The molecule has 1 saturated heterocycles. The van der Waals surface area contributed by atoms with Crippen molar-refractivity contribution in [3.63, 3.8) is 0 Å². The topological polar surface area (TPSA) is 64.0 Å². The van der Waals surface area contributed by atoms with Crippen LogP contribution in [0.2, 0.25) is 0 Å². The number of hydrogen-bond acceptors (Lipinski definition) is 3. The van der Waals surface area contributed by atoms with Gasteiger partial charge in [-0.3, -0.25) is 0 Å². The van der Waals surface area contributed by atoms with Gasteiger partial charge >= 0.3 is 6.03 Å². The molecule has 0 radical (unpaired) electrons. The zero-order chi connectivity index (χ0) is 11.5. The van der Waals surface area contributed by atoms with Crippen LogP contribution < -0.4 is 0 Å². The Morgan fingerprint density at radius 2 is 1.44 bits per heavy atom. The van der Waals surface area contributed by atoms with E-state index in [9.17, 15) is 4.79 Å². The van der Waals surface area contributed by atoms with E-state index in [1.807, 2.05) is 24.3 Å². The van der Waals surface area contributed by atoms with Gasteiger partial charge in [-0.15, -0.1) is 0 Å². The van der Waals surface area contributed by atoms with Crippen LogP contribution in [0.25, 0.3) is 0 Å². The highest BCUT2D eigenvalue weighted by Gasteiger charge is 2.42. The van der Waals surface area contributed by atoms with Crippen molar-refractivity contribution < 1.29 is 15.0 Å². The monoisotopic (exact) mass is 224 g/mol. The molecule has 0 spiro atoms. The van der Waals surface area contributed by atoms with Gasteiger partial charge in [-0.05, 0) is 0 Å². The summed E-state index contributed by atoms with van der Waals surface area (Å²) < 4.78 is 0. The molecule has 0 aromatic rings. The number of amides is 2. The molecule has 5 heteroatoms. The van der Waals surface area contributed by atoms with Crippen LogP contribution in [0.4, 0.5) is 4.79 Å². The number of urea groups is 1. The first kappa shape index (κ1) is 11.2. The number of fused-ring (bicyclic) bond motifs is 1. The van der Waals surface area contributed by atoms with Crippen LogP contribution in [0, 0.1) is 0 Å².